The van der Waals surface area contributed by atoms with E-state index in [4.69, 9.17) is 21.1 Å². The van der Waals surface area contributed by atoms with E-state index in [2.05, 4.69) is 29.0 Å². The number of benzene rings is 1. The molecule has 0 aliphatic carbocycles. The first-order valence-corrected chi connectivity index (χ1v) is 9.82. The average molecular weight is 418 g/mol. The van der Waals surface area contributed by atoms with Gasteiger partial charge in [-0.25, -0.2) is 9.78 Å². The van der Waals surface area contributed by atoms with Crippen LogP contribution in [0.1, 0.15) is 29.8 Å². The van der Waals surface area contributed by atoms with Crippen LogP contribution in [0.3, 0.4) is 0 Å². The molecule has 1 aromatic heterocycles. The van der Waals surface area contributed by atoms with Gasteiger partial charge in [0.25, 0.3) is 5.91 Å². The van der Waals surface area contributed by atoms with Crippen LogP contribution in [-0.4, -0.2) is 53.7 Å². The van der Waals surface area contributed by atoms with Gasteiger partial charge < -0.3 is 14.8 Å². The summed E-state index contributed by atoms with van der Waals surface area (Å²) < 4.78 is 10.8. The summed E-state index contributed by atoms with van der Waals surface area (Å²) in [6.07, 6.45) is 1.84. The molecule has 2 heterocycles. The largest absolute Gasteiger partial charge is 0.452 e. The number of hydrogen-bond donors (Lipinski definition) is 1. The van der Waals surface area contributed by atoms with Gasteiger partial charge in [-0.2, -0.15) is 0 Å². The number of esters is 1. The van der Waals surface area contributed by atoms with Crippen LogP contribution in [0.15, 0.2) is 42.6 Å². The van der Waals surface area contributed by atoms with Crippen LogP contribution in [0.2, 0.25) is 5.02 Å². The van der Waals surface area contributed by atoms with Crippen LogP contribution >= 0.6 is 11.6 Å². The quantitative estimate of drug-likeness (QED) is 0.727. The Kier molecular flexibility index (Phi) is 7.19. The molecule has 0 spiro atoms. The molecule has 0 bridgehead atoms. The van der Waals surface area contributed by atoms with Gasteiger partial charge in [0.15, 0.2) is 6.61 Å². The standard InChI is InChI=1S/C21H24ClN3O4/c1-14-10-25(11-15(2)29-14)12-16-3-5-17(6-4-16)21(27)28-13-20(26)24-19-8-7-18(22)9-23-19/h3-9,14-15H,10-13H2,1-2H3,(H,23,24,26)/t14-,15-/m1/s1. The van der Waals surface area contributed by atoms with E-state index >= 15 is 0 Å². The molecule has 2 aromatic rings. The number of anilines is 1. The summed E-state index contributed by atoms with van der Waals surface area (Å²) in [5.74, 6) is -0.684. The molecule has 1 aliphatic rings. The Bertz CT molecular complexity index is 832. The van der Waals surface area contributed by atoms with Crippen molar-refractivity contribution in [1.29, 1.82) is 0 Å². The van der Waals surface area contributed by atoms with E-state index in [1.54, 1.807) is 24.3 Å². The number of morpholine rings is 1. The summed E-state index contributed by atoms with van der Waals surface area (Å²) in [7, 11) is 0. The summed E-state index contributed by atoms with van der Waals surface area (Å²) >= 11 is 5.74. The summed E-state index contributed by atoms with van der Waals surface area (Å²) in [5.41, 5.74) is 1.50. The van der Waals surface area contributed by atoms with Crippen molar-refractivity contribution in [3.63, 3.8) is 0 Å². The second-order valence-corrected chi connectivity index (χ2v) is 7.57. The predicted octanol–water partition coefficient (Wildman–Crippen LogP) is 3.14. The minimum atomic E-state index is -0.551. The molecule has 2 atom stereocenters. The molecule has 154 valence electrons. The highest BCUT2D eigenvalue weighted by Crippen LogP contribution is 2.15. The lowest BCUT2D eigenvalue weighted by molar-refractivity contribution is -0.119. The molecule has 0 saturated carbocycles. The number of amides is 1. The highest BCUT2D eigenvalue weighted by molar-refractivity contribution is 6.30. The Balaban J connectivity index is 1.47. The molecule has 1 aliphatic heterocycles. The van der Waals surface area contributed by atoms with E-state index in [0.717, 1.165) is 25.2 Å². The van der Waals surface area contributed by atoms with Crippen molar-refractivity contribution in [2.45, 2.75) is 32.6 Å². The van der Waals surface area contributed by atoms with Crippen molar-refractivity contribution in [2.24, 2.45) is 0 Å². The molecule has 0 radical (unpaired) electrons. The van der Waals surface area contributed by atoms with Gasteiger partial charge in [0.05, 0.1) is 22.8 Å². The molecule has 1 aromatic carbocycles. The molecule has 8 heteroatoms. The van der Waals surface area contributed by atoms with Gasteiger partial charge in [-0.3, -0.25) is 9.69 Å². The fourth-order valence-corrected chi connectivity index (χ4v) is 3.37. The molecule has 1 N–H and O–H groups in total. The minimum Gasteiger partial charge on any atom is -0.452 e. The number of hydrogen-bond acceptors (Lipinski definition) is 6. The van der Waals surface area contributed by atoms with E-state index in [1.165, 1.54) is 6.20 Å². The first-order valence-electron chi connectivity index (χ1n) is 9.44. The normalized spacial score (nSPS) is 19.6. The van der Waals surface area contributed by atoms with Crippen LogP contribution in [0.4, 0.5) is 5.82 Å². The van der Waals surface area contributed by atoms with E-state index in [-0.39, 0.29) is 12.2 Å². The highest BCUT2D eigenvalue weighted by atomic mass is 35.5. The van der Waals surface area contributed by atoms with E-state index in [0.29, 0.717) is 16.4 Å². The molecule has 1 saturated heterocycles. The van der Waals surface area contributed by atoms with Crippen molar-refractivity contribution in [2.75, 3.05) is 25.0 Å². The number of aromatic nitrogens is 1. The van der Waals surface area contributed by atoms with Gasteiger partial charge in [0, 0.05) is 25.8 Å². The Labute approximate surface area is 175 Å². The number of pyridine rings is 1. The molecular weight excluding hydrogens is 394 g/mol. The number of rotatable bonds is 6. The topological polar surface area (TPSA) is 80.8 Å². The third-order valence-corrected chi connectivity index (χ3v) is 4.64. The molecule has 3 rings (SSSR count). The van der Waals surface area contributed by atoms with E-state index < -0.39 is 18.5 Å². The van der Waals surface area contributed by atoms with Crippen LogP contribution in [-0.2, 0) is 20.8 Å². The summed E-state index contributed by atoms with van der Waals surface area (Å²) in [6.45, 7) is 6.30. The zero-order valence-corrected chi connectivity index (χ0v) is 17.2. The number of nitrogens with one attached hydrogen (secondary N) is 1. The van der Waals surface area contributed by atoms with Gasteiger partial charge in [-0.15, -0.1) is 0 Å². The Morgan fingerprint density at radius 3 is 2.48 bits per heavy atom. The zero-order valence-electron chi connectivity index (χ0n) is 16.4. The number of ether oxygens (including phenoxy) is 2. The van der Waals surface area contributed by atoms with Crippen molar-refractivity contribution in [3.8, 4) is 0 Å². The number of halogens is 1. The second-order valence-electron chi connectivity index (χ2n) is 7.13. The highest BCUT2D eigenvalue weighted by Gasteiger charge is 2.22. The summed E-state index contributed by atoms with van der Waals surface area (Å²) in [6, 6.07) is 10.4. The van der Waals surface area contributed by atoms with Crippen LogP contribution in [0, 0.1) is 0 Å². The van der Waals surface area contributed by atoms with Crippen LogP contribution in [0.5, 0.6) is 0 Å². The van der Waals surface area contributed by atoms with Gasteiger partial charge in [-0.1, -0.05) is 23.7 Å². The average Bonchev–Trinajstić information content (AvgIpc) is 2.68. The Morgan fingerprint density at radius 1 is 1.17 bits per heavy atom. The number of nitrogens with zero attached hydrogens (tertiary/aromatic N) is 2. The molecule has 1 amide bonds. The Hall–Kier alpha value is -2.48. The fourth-order valence-electron chi connectivity index (χ4n) is 3.26. The zero-order chi connectivity index (χ0) is 20.8. The summed E-state index contributed by atoms with van der Waals surface area (Å²) in [4.78, 5) is 30.3. The maximum Gasteiger partial charge on any atom is 0.338 e. The van der Waals surface area contributed by atoms with Crippen molar-refractivity contribution in [3.05, 3.63) is 58.7 Å². The number of carbonyl (C=O) groups is 2. The lowest BCUT2D eigenvalue weighted by Crippen LogP contribution is -2.44. The molecular formula is C21H24ClN3O4. The minimum absolute atomic E-state index is 0.210. The lowest BCUT2D eigenvalue weighted by atomic mass is 10.1. The van der Waals surface area contributed by atoms with E-state index in [1.807, 2.05) is 12.1 Å². The van der Waals surface area contributed by atoms with Crippen LogP contribution in [0.25, 0.3) is 0 Å². The van der Waals surface area contributed by atoms with Crippen molar-refractivity contribution in [1.82, 2.24) is 9.88 Å². The monoisotopic (exact) mass is 417 g/mol. The first kappa shape index (κ1) is 21.2. The van der Waals surface area contributed by atoms with Crippen LogP contribution < -0.4 is 5.32 Å². The van der Waals surface area contributed by atoms with Gasteiger partial charge in [0.2, 0.25) is 0 Å². The second kappa shape index (κ2) is 9.82. The summed E-state index contributed by atoms with van der Waals surface area (Å²) in [5, 5.41) is 3.00. The number of carbonyl (C=O) groups excluding carboxylic acids is 2. The van der Waals surface area contributed by atoms with Gasteiger partial charge in [0.1, 0.15) is 5.82 Å². The van der Waals surface area contributed by atoms with Gasteiger partial charge in [-0.05, 0) is 43.7 Å². The predicted molar refractivity (Wildman–Crippen MR) is 110 cm³/mol. The lowest BCUT2D eigenvalue weighted by Gasteiger charge is -2.35. The Morgan fingerprint density at radius 2 is 1.86 bits per heavy atom. The van der Waals surface area contributed by atoms with E-state index in [9.17, 15) is 9.59 Å². The van der Waals surface area contributed by atoms with Gasteiger partial charge >= 0.3 is 5.97 Å². The van der Waals surface area contributed by atoms with Crippen molar-refractivity contribution >= 4 is 29.3 Å². The van der Waals surface area contributed by atoms with Crippen molar-refractivity contribution < 1.29 is 19.1 Å². The maximum atomic E-state index is 12.2. The smallest absolute Gasteiger partial charge is 0.338 e. The molecule has 1 fully saturated rings. The molecule has 0 unspecified atom stereocenters. The first-order chi connectivity index (χ1) is 13.9. The third-order valence-electron chi connectivity index (χ3n) is 4.42. The molecule has 29 heavy (non-hydrogen) atoms. The SMILES string of the molecule is C[C@@H]1CN(Cc2ccc(C(=O)OCC(=O)Nc3ccc(Cl)cn3)cc2)C[C@@H](C)O1. The maximum absolute atomic E-state index is 12.2. The molecule has 7 nitrogen and oxygen atoms in total. The third kappa shape index (κ3) is 6.52. The fraction of sp³-hybridized carbons (Fsp3) is 0.381.